The molecule has 5 heteroatoms. The van der Waals surface area contributed by atoms with Gasteiger partial charge in [-0.05, 0) is 31.0 Å². The van der Waals surface area contributed by atoms with E-state index >= 15 is 0 Å². The Hall–Kier alpha value is -1.75. The van der Waals surface area contributed by atoms with Gasteiger partial charge in [0.1, 0.15) is 0 Å². The molecule has 4 N–H and O–H groups in total. The molecule has 0 aromatic heterocycles. The number of amides is 1. The van der Waals surface area contributed by atoms with Gasteiger partial charge in [-0.2, -0.15) is 0 Å². The highest BCUT2D eigenvalue weighted by Crippen LogP contribution is 2.28. The second-order valence-corrected chi connectivity index (χ2v) is 6.10. The molecule has 1 aromatic rings. The maximum absolute atomic E-state index is 11.6. The molecule has 3 rings (SSSR count). The van der Waals surface area contributed by atoms with E-state index < -0.39 is 0 Å². The molecule has 0 unspecified atom stereocenters. The molecule has 114 valence electrons. The van der Waals surface area contributed by atoms with Crippen molar-refractivity contribution in [1.82, 2.24) is 4.90 Å². The lowest BCUT2D eigenvalue weighted by atomic mass is 10.1. The zero-order valence-corrected chi connectivity index (χ0v) is 12.4. The summed E-state index contributed by atoms with van der Waals surface area (Å²) in [6.07, 6.45) is 5.41. The highest BCUT2D eigenvalue weighted by molar-refractivity contribution is 5.99. The van der Waals surface area contributed by atoms with Crippen molar-refractivity contribution >= 4 is 17.3 Å². The molecule has 1 aromatic carbocycles. The summed E-state index contributed by atoms with van der Waals surface area (Å²) >= 11 is 0. The minimum atomic E-state index is -0.386. The molecular formula is C16H24N4O. The number of anilines is 2. The standard InChI is InChI=1S/C16H24N4O/c17-12-5-6-14(16(18)21)15(11-12)20-9-7-19(8-10-20)13-3-1-2-4-13/h5-6,11,13H,1-4,7-10,17H2,(H2,18,21). The van der Waals surface area contributed by atoms with Crippen LogP contribution in [0.3, 0.4) is 0 Å². The number of nitrogen functional groups attached to an aromatic ring is 1. The van der Waals surface area contributed by atoms with Crippen molar-refractivity contribution in [3.05, 3.63) is 23.8 Å². The normalized spacial score (nSPS) is 20.9. The first-order valence-corrected chi connectivity index (χ1v) is 7.83. The van der Waals surface area contributed by atoms with Crippen LogP contribution in [0, 0.1) is 0 Å². The van der Waals surface area contributed by atoms with Gasteiger partial charge in [-0.1, -0.05) is 12.8 Å². The Bertz CT molecular complexity index is 517. The van der Waals surface area contributed by atoms with Gasteiger partial charge in [0.05, 0.1) is 11.3 Å². The van der Waals surface area contributed by atoms with E-state index in [2.05, 4.69) is 9.80 Å². The highest BCUT2D eigenvalue weighted by Gasteiger charge is 2.27. The smallest absolute Gasteiger partial charge is 0.250 e. The Labute approximate surface area is 125 Å². The fourth-order valence-corrected chi connectivity index (χ4v) is 3.62. The third kappa shape index (κ3) is 2.97. The summed E-state index contributed by atoms with van der Waals surface area (Å²) in [5, 5.41) is 0. The van der Waals surface area contributed by atoms with Gasteiger partial charge < -0.3 is 16.4 Å². The number of nitrogens with zero attached hydrogens (tertiary/aromatic N) is 2. The van der Waals surface area contributed by atoms with E-state index in [0.717, 1.165) is 37.9 Å². The molecule has 2 fully saturated rings. The molecule has 0 atom stereocenters. The second-order valence-electron chi connectivity index (χ2n) is 6.10. The van der Waals surface area contributed by atoms with Crippen molar-refractivity contribution in [3.8, 4) is 0 Å². The lowest BCUT2D eigenvalue weighted by molar-refractivity contribution is 0.100. The fourth-order valence-electron chi connectivity index (χ4n) is 3.62. The molecule has 5 nitrogen and oxygen atoms in total. The number of carbonyl (C=O) groups is 1. The summed E-state index contributed by atoms with van der Waals surface area (Å²) in [6.45, 7) is 3.97. The van der Waals surface area contributed by atoms with Gasteiger partial charge in [-0.25, -0.2) is 0 Å². The predicted octanol–water partition coefficient (Wildman–Crippen LogP) is 1.43. The van der Waals surface area contributed by atoms with Crippen LogP contribution in [0.5, 0.6) is 0 Å². The maximum Gasteiger partial charge on any atom is 0.250 e. The summed E-state index contributed by atoms with van der Waals surface area (Å²) in [5.74, 6) is -0.386. The first kappa shape index (κ1) is 14.2. The fraction of sp³-hybridized carbons (Fsp3) is 0.562. The highest BCUT2D eigenvalue weighted by atomic mass is 16.1. The number of carbonyl (C=O) groups excluding carboxylic acids is 1. The van der Waals surface area contributed by atoms with Crippen molar-refractivity contribution in [2.45, 2.75) is 31.7 Å². The minimum absolute atomic E-state index is 0.386. The van der Waals surface area contributed by atoms with Crippen LogP contribution in [-0.2, 0) is 0 Å². The number of hydrogen-bond donors (Lipinski definition) is 2. The van der Waals surface area contributed by atoms with Gasteiger partial charge in [0, 0.05) is 37.9 Å². The number of benzene rings is 1. The van der Waals surface area contributed by atoms with Crippen LogP contribution in [0.4, 0.5) is 11.4 Å². The molecule has 2 aliphatic rings. The number of rotatable bonds is 3. The van der Waals surface area contributed by atoms with Crippen LogP contribution in [-0.4, -0.2) is 43.0 Å². The quantitative estimate of drug-likeness (QED) is 0.825. The molecule has 0 radical (unpaired) electrons. The Kier molecular flexibility index (Phi) is 4.01. The summed E-state index contributed by atoms with van der Waals surface area (Å²) in [7, 11) is 0. The van der Waals surface area contributed by atoms with Crippen molar-refractivity contribution in [2.24, 2.45) is 5.73 Å². The van der Waals surface area contributed by atoms with Crippen molar-refractivity contribution in [2.75, 3.05) is 36.8 Å². The summed E-state index contributed by atoms with van der Waals surface area (Å²) < 4.78 is 0. The topological polar surface area (TPSA) is 75.6 Å². The number of hydrogen-bond acceptors (Lipinski definition) is 4. The van der Waals surface area contributed by atoms with E-state index in [1.54, 1.807) is 12.1 Å². The van der Waals surface area contributed by atoms with Gasteiger partial charge in [-0.3, -0.25) is 9.69 Å². The van der Waals surface area contributed by atoms with E-state index in [9.17, 15) is 4.79 Å². The van der Waals surface area contributed by atoms with Crippen LogP contribution in [0.2, 0.25) is 0 Å². The summed E-state index contributed by atoms with van der Waals surface area (Å²) in [5.41, 5.74) is 13.5. The Morgan fingerprint density at radius 1 is 1.10 bits per heavy atom. The molecule has 1 aliphatic heterocycles. The van der Waals surface area contributed by atoms with Crippen LogP contribution in [0.25, 0.3) is 0 Å². The average Bonchev–Trinajstić information content (AvgIpc) is 3.01. The SMILES string of the molecule is NC(=O)c1ccc(N)cc1N1CCN(C2CCCC2)CC1. The van der Waals surface area contributed by atoms with Crippen molar-refractivity contribution < 1.29 is 4.79 Å². The van der Waals surface area contributed by atoms with E-state index in [1.807, 2.05) is 6.07 Å². The Morgan fingerprint density at radius 2 is 1.76 bits per heavy atom. The van der Waals surface area contributed by atoms with Gasteiger partial charge in [0.15, 0.2) is 0 Å². The van der Waals surface area contributed by atoms with Gasteiger partial charge in [0.25, 0.3) is 5.91 Å². The van der Waals surface area contributed by atoms with Gasteiger partial charge in [0.2, 0.25) is 0 Å². The summed E-state index contributed by atoms with van der Waals surface area (Å²) in [4.78, 5) is 16.4. The third-order valence-corrected chi connectivity index (χ3v) is 4.78. The van der Waals surface area contributed by atoms with Crippen molar-refractivity contribution in [1.29, 1.82) is 0 Å². The largest absolute Gasteiger partial charge is 0.399 e. The predicted molar refractivity (Wildman–Crippen MR) is 85.4 cm³/mol. The first-order chi connectivity index (χ1) is 10.1. The van der Waals surface area contributed by atoms with Gasteiger partial charge in [-0.15, -0.1) is 0 Å². The lowest BCUT2D eigenvalue weighted by Crippen LogP contribution is -2.50. The lowest BCUT2D eigenvalue weighted by Gasteiger charge is -2.39. The molecule has 21 heavy (non-hydrogen) atoms. The Morgan fingerprint density at radius 3 is 2.38 bits per heavy atom. The van der Waals surface area contributed by atoms with Crippen molar-refractivity contribution in [3.63, 3.8) is 0 Å². The molecule has 0 spiro atoms. The first-order valence-electron chi connectivity index (χ1n) is 7.83. The minimum Gasteiger partial charge on any atom is -0.399 e. The number of piperazine rings is 1. The second kappa shape index (κ2) is 5.93. The van der Waals surface area contributed by atoms with Crippen LogP contribution >= 0.6 is 0 Å². The average molecular weight is 288 g/mol. The summed E-state index contributed by atoms with van der Waals surface area (Å²) in [6, 6.07) is 6.10. The molecule has 1 amide bonds. The number of nitrogens with two attached hydrogens (primary N) is 2. The monoisotopic (exact) mass is 288 g/mol. The molecule has 1 saturated heterocycles. The van der Waals surface area contributed by atoms with Crippen LogP contribution in [0.15, 0.2) is 18.2 Å². The molecule has 1 saturated carbocycles. The van der Waals surface area contributed by atoms with Crippen LogP contribution in [0.1, 0.15) is 36.0 Å². The third-order valence-electron chi connectivity index (χ3n) is 4.78. The number of primary amides is 1. The zero-order chi connectivity index (χ0) is 14.8. The zero-order valence-electron chi connectivity index (χ0n) is 12.4. The van der Waals surface area contributed by atoms with Crippen LogP contribution < -0.4 is 16.4 Å². The van der Waals surface area contributed by atoms with E-state index in [1.165, 1.54) is 25.7 Å². The van der Waals surface area contributed by atoms with E-state index in [-0.39, 0.29) is 5.91 Å². The molecule has 0 bridgehead atoms. The molecular weight excluding hydrogens is 264 g/mol. The maximum atomic E-state index is 11.6. The van der Waals surface area contributed by atoms with E-state index in [0.29, 0.717) is 11.3 Å². The van der Waals surface area contributed by atoms with Gasteiger partial charge >= 0.3 is 0 Å². The molecule has 1 heterocycles. The van der Waals surface area contributed by atoms with E-state index in [4.69, 9.17) is 11.5 Å². The molecule has 1 aliphatic carbocycles. The Balaban J connectivity index is 1.71.